The predicted molar refractivity (Wildman–Crippen MR) is 172 cm³/mol. The number of hydrogen-bond acceptors (Lipinski definition) is 7. The molecule has 2 atom stereocenters. The Labute approximate surface area is 268 Å². The van der Waals surface area contributed by atoms with Crippen LogP contribution in [0.3, 0.4) is 0 Å². The topological polar surface area (TPSA) is 109 Å². The molecule has 0 saturated carbocycles. The minimum Gasteiger partial charge on any atom is -0.508 e. The Morgan fingerprint density at radius 2 is 1.74 bits per heavy atom. The summed E-state index contributed by atoms with van der Waals surface area (Å²) in [5, 5.41) is 16.4. The number of fused-ring (bicyclic) bond motifs is 2. The minimum atomic E-state index is -0.832. The largest absolute Gasteiger partial charge is 0.508 e. The van der Waals surface area contributed by atoms with Gasteiger partial charge < -0.3 is 29.9 Å². The van der Waals surface area contributed by atoms with E-state index in [1.54, 1.807) is 39.1 Å². The Hall–Kier alpha value is -5.03. The van der Waals surface area contributed by atoms with Crippen molar-refractivity contribution in [2.75, 3.05) is 44.7 Å². The fourth-order valence-electron chi connectivity index (χ4n) is 6.57. The maximum absolute atomic E-state index is 14.3. The van der Waals surface area contributed by atoms with E-state index in [1.165, 1.54) is 0 Å². The molecule has 4 amide bonds. The number of likely N-dealkylation sites (N-methyl/N-ethyl adjacent to an activating group) is 1. The average Bonchev–Trinajstić information content (AvgIpc) is 3.87. The maximum Gasteiger partial charge on any atom is 0.334 e. The molecule has 1 aliphatic carbocycles. The Balaban J connectivity index is 1.22. The molecule has 11 nitrogen and oxygen atoms in total. The molecular formula is C35H38N6O5. The van der Waals surface area contributed by atoms with Crippen LogP contribution in [0.1, 0.15) is 16.7 Å². The Morgan fingerprint density at radius 1 is 0.978 bits per heavy atom. The van der Waals surface area contributed by atoms with Crippen molar-refractivity contribution in [3.05, 3.63) is 102 Å². The molecule has 0 unspecified atom stereocenters. The fraction of sp³-hybridized carbons (Fsp3) is 0.343. The summed E-state index contributed by atoms with van der Waals surface area (Å²) >= 11 is 0. The number of urea groups is 1. The van der Waals surface area contributed by atoms with Gasteiger partial charge in [-0.05, 0) is 41.0 Å². The zero-order chi connectivity index (χ0) is 31.8. The number of ether oxygens (including phenoxy) is 1. The summed E-state index contributed by atoms with van der Waals surface area (Å²) in [6.07, 6.45) is 3.64. The van der Waals surface area contributed by atoms with Gasteiger partial charge in [0.05, 0.1) is 25.3 Å². The third-order valence-electron chi connectivity index (χ3n) is 9.07. The zero-order valence-corrected chi connectivity index (χ0v) is 25.8. The number of rotatable bonds is 8. The van der Waals surface area contributed by atoms with Crippen LogP contribution in [-0.4, -0.2) is 94.8 Å². The number of aromatic hydroxyl groups is 1. The van der Waals surface area contributed by atoms with E-state index >= 15 is 0 Å². The Kier molecular flexibility index (Phi) is 8.00. The lowest BCUT2D eigenvalue weighted by Gasteiger charge is -2.55. The predicted octanol–water partition coefficient (Wildman–Crippen LogP) is 2.96. The summed E-state index contributed by atoms with van der Waals surface area (Å²) in [6.45, 7) is 2.66. The van der Waals surface area contributed by atoms with E-state index in [4.69, 9.17) is 4.74 Å². The molecule has 0 radical (unpaired) electrons. The molecule has 46 heavy (non-hydrogen) atoms. The average molecular weight is 623 g/mol. The highest BCUT2D eigenvalue weighted by molar-refractivity contribution is 5.91. The normalized spacial score (nSPS) is 21.2. The van der Waals surface area contributed by atoms with Crippen molar-refractivity contribution in [2.45, 2.75) is 31.7 Å². The lowest BCUT2D eigenvalue weighted by molar-refractivity contribution is -0.191. The number of carbonyl (C=O) groups excluding carboxylic acids is 3. The first-order valence-corrected chi connectivity index (χ1v) is 15.7. The van der Waals surface area contributed by atoms with Gasteiger partial charge in [-0.15, -0.1) is 0 Å². The van der Waals surface area contributed by atoms with E-state index in [2.05, 4.69) is 22.4 Å². The number of phenols is 1. The number of amides is 4. The molecule has 11 heteroatoms. The van der Waals surface area contributed by atoms with Gasteiger partial charge >= 0.3 is 6.03 Å². The van der Waals surface area contributed by atoms with Crippen molar-refractivity contribution >= 4 is 23.5 Å². The molecule has 0 bridgehead atoms. The smallest absolute Gasteiger partial charge is 0.334 e. The Morgan fingerprint density at radius 3 is 2.50 bits per heavy atom. The highest BCUT2D eigenvalue weighted by Gasteiger charge is 2.51. The number of carbonyl (C=O) groups is 3. The van der Waals surface area contributed by atoms with Crippen LogP contribution in [0, 0.1) is 5.92 Å². The first kappa shape index (κ1) is 29.7. The van der Waals surface area contributed by atoms with Gasteiger partial charge in [0.2, 0.25) is 11.8 Å². The van der Waals surface area contributed by atoms with Crippen molar-refractivity contribution in [3.8, 4) is 11.5 Å². The van der Waals surface area contributed by atoms with Gasteiger partial charge in [0.25, 0.3) is 0 Å². The van der Waals surface area contributed by atoms with Crippen LogP contribution in [0.15, 0.2) is 84.9 Å². The fourth-order valence-corrected chi connectivity index (χ4v) is 6.57. The Bertz CT molecular complexity index is 1640. The van der Waals surface area contributed by atoms with Gasteiger partial charge in [0.15, 0.2) is 0 Å². The summed E-state index contributed by atoms with van der Waals surface area (Å²) in [7, 11) is 2.03. The van der Waals surface area contributed by atoms with Crippen molar-refractivity contribution in [3.63, 3.8) is 0 Å². The van der Waals surface area contributed by atoms with Crippen LogP contribution >= 0.6 is 0 Å². The number of hydrogen-bond donors (Lipinski definition) is 2. The van der Waals surface area contributed by atoms with Gasteiger partial charge in [0, 0.05) is 39.0 Å². The highest BCUT2D eigenvalue weighted by Crippen LogP contribution is 2.34. The summed E-state index contributed by atoms with van der Waals surface area (Å²) in [6, 6.07) is 21.2. The molecule has 3 aliphatic heterocycles. The standard InChI is InChI=1S/C35H38N6O5/c1-37-15-16-46-31-18-27(11-14-29(31)37)20-38-22-32-40(30(34(38)44)17-24-9-12-28(42)13-10-24)33(43)23-39(21-26-7-8-26)41(32)35(45)36-19-25-5-3-2-4-6-25/h2-14,18,26,30,32,42H,15-17,19-23H2,1H3,(H,36,45)/t30-,32-/m0/s1. The second kappa shape index (κ2) is 12.4. The number of benzene rings is 3. The number of anilines is 1. The van der Waals surface area contributed by atoms with Crippen molar-refractivity contribution in [1.82, 2.24) is 25.1 Å². The molecule has 2 saturated heterocycles. The number of nitrogens with zero attached hydrogens (tertiary/aromatic N) is 5. The number of nitrogens with one attached hydrogen (secondary N) is 1. The SMILES string of the molecule is CN1CCOc2cc(CN3C[C@H]4N(C(=O)CN(CC5C=C5)N4C(=O)NCc4ccccc4)[C@@H](Cc4ccc(O)cc4)C3=O)ccc21. The lowest BCUT2D eigenvalue weighted by atomic mass is 9.98. The molecule has 2 fully saturated rings. The minimum absolute atomic E-state index is 0.0114. The summed E-state index contributed by atoms with van der Waals surface area (Å²) in [5.74, 6) is 0.704. The maximum atomic E-state index is 14.3. The van der Waals surface area contributed by atoms with Crippen LogP contribution < -0.4 is 15.0 Å². The first-order chi connectivity index (χ1) is 22.3. The lowest BCUT2D eigenvalue weighted by Crippen LogP contribution is -2.76. The van der Waals surface area contributed by atoms with Crippen LogP contribution in [-0.2, 0) is 29.1 Å². The van der Waals surface area contributed by atoms with Gasteiger partial charge in [0.1, 0.15) is 30.3 Å². The van der Waals surface area contributed by atoms with Crippen molar-refractivity contribution < 1.29 is 24.2 Å². The van der Waals surface area contributed by atoms with Crippen molar-refractivity contribution in [2.24, 2.45) is 5.92 Å². The molecule has 3 aromatic rings. The van der Waals surface area contributed by atoms with E-state index in [0.29, 0.717) is 26.2 Å². The molecule has 2 N–H and O–H groups in total. The molecule has 238 valence electrons. The number of piperazine rings is 1. The van der Waals surface area contributed by atoms with E-state index < -0.39 is 12.2 Å². The molecule has 0 spiro atoms. The van der Waals surface area contributed by atoms with E-state index in [-0.39, 0.29) is 49.0 Å². The highest BCUT2D eigenvalue weighted by atomic mass is 16.5. The molecule has 3 aromatic carbocycles. The van der Waals surface area contributed by atoms with Gasteiger partial charge in [-0.25, -0.2) is 14.8 Å². The van der Waals surface area contributed by atoms with Crippen LogP contribution in [0.5, 0.6) is 11.5 Å². The number of phenolic OH excluding ortho intramolecular Hbond substituents is 1. The first-order valence-electron chi connectivity index (χ1n) is 15.7. The molecular weight excluding hydrogens is 584 g/mol. The summed E-state index contributed by atoms with van der Waals surface area (Å²) in [4.78, 5) is 47.8. The van der Waals surface area contributed by atoms with E-state index in [0.717, 1.165) is 34.7 Å². The van der Waals surface area contributed by atoms with Gasteiger partial charge in [-0.1, -0.05) is 60.7 Å². The third-order valence-corrected chi connectivity index (χ3v) is 9.07. The summed E-state index contributed by atoms with van der Waals surface area (Å²) < 4.78 is 5.94. The monoisotopic (exact) mass is 622 g/mol. The van der Waals surface area contributed by atoms with Gasteiger partial charge in [-0.3, -0.25) is 9.59 Å². The van der Waals surface area contributed by atoms with Gasteiger partial charge in [-0.2, -0.15) is 0 Å². The molecule has 3 heterocycles. The van der Waals surface area contributed by atoms with Crippen molar-refractivity contribution in [1.29, 1.82) is 0 Å². The third kappa shape index (κ3) is 6.10. The zero-order valence-electron chi connectivity index (χ0n) is 25.8. The second-order valence-electron chi connectivity index (χ2n) is 12.3. The quantitative estimate of drug-likeness (QED) is 0.372. The van der Waals surface area contributed by atoms with E-state index in [1.807, 2.05) is 60.6 Å². The summed E-state index contributed by atoms with van der Waals surface area (Å²) in [5.41, 5.74) is 3.67. The second-order valence-corrected chi connectivity index (χ2v) is 12.3. The van der Waals surface area contributed by atoms with Crippen LogP contribution in [0.4, 0.5) is 10.5 Å². The van der Waals surface area contributed by atoms with Crippen LogP contribution in [0.2, 0.25) is 0 Å². The number of hydrazine groups is 1. The van der Waals surface area contributed by atoms with E-state index in [9.17, 15) is 19.5 Å². The molecule has 0 aromatic heterocycles. The molecule has 7 rings (SSSR count). The molecule has 4 aliphatic rings. The van der Waals surface area contributed by atoms with Crippen LogP contribution in [0.25, 0.3) is 0 Å².